The van der Waals surface area contributed by atoms with Crippen molar-refractivity contribution in [2.24, 2.45) is 5.92 Å². The van der Waals surface area contributed by atoms with Gasteiger partial charge in [-0.05, 0) is 12.8 Å². The maximum Gasteiger partial charge on any atom is 0.239 e. The molecule has 0 spiro atoms. The zero-order valence-corrected chi connectivity index (χ0v) is 10.6. The number of carbonyl (C=O) groups is 2. The van der Waals surface area contributed by atoms with Crippen LogP contribution in [0.5, 0.6) is 0 Å². The summed E-state index contributed by atoms with van der Waals surface area (Å²) in [5, 5.41) is 12.1. The zero-order valence-electron chi connectivity index (χ0n) is 10.6. The van der Waals surface area contributed by atoms with E-state index in [-0.39, 0.29) is 36.9 Å². The van der Waals surface area contributed by atoms with E-state index in [1.165, 1.54) is 11.8 Å². The number of carbonyl (C=O) groups excluding carboxylic acids is 2. The van der Waals surface area contributed by atoms with Crippen LogP contribution < -0.4 is 5.32 Å². The second-order valence-corrected chi connectivity index (χ2v) is 4.78. The predicted octanol–water partition coefficient (Wildman–Crippen LogP) is 0.132. The SMILES string of the molecule is CC(=O)N(C)CC(=O)NC1CCCCC1CO. The van der Waals surface area contributed by atoms with E-state index in [0.29, 0.717) is 0 Å². The van der Waals surface area contributed by atoms with Crippen molar-refractivity contribution in [1.29, 1.82) is 0 Å². The van der Waals surface area contributed by atoms with Crippen LogP contribution in [0.1, 0.15) is 32.6 Å². The minimum atomic E-state index is -0.145. The van der Waals surface area contributed by atoms with Gasteiger partial charge in [-0.2, -0.15) is 0 Å². The lowest BCUT2D eigenvalue weighted by atomic mass is 9.85. The average molecular weight is 242 g/mol. The van der Waals surface area contributed by atoms with Crippen molar-refractivity contribution in [2.75, 3.05) is 20.2 Å². The highest BCUT2D eigenvalue weighted by Crippen LogP contribution is 2.23. The summed E-state index contributed by atoms with van der Waals surface area (Å²) < 4.78 is 0. The van der Waals surface area contributed by atoms with Crippen LogP contribution >= 0.6 is 0 Å². The Labute approximate surface area is 102 Å². The number of aliphatic hydroxyl groups excluding tert-OH is 1. The van der Waals surface area contributed by atoms with E-state index >= 15 is 0 Å². The molecule has 1 saturated carbocycles. The van der Waals surface area contributed by atoms with Gasteiger partial charge in [-0.1, -0.05) is 12.8 Å². The molecule has 1 rings (SSSR count). The molecule has 2 unspecified atom stereocenters. The first-order valence-electron chi connectivity index (χ1n) is 6.16. The van der Waals surface area contributed by atoms with Gasteiger partial charge in [0.2, 0.25) is 11.8 Å². The molecule has 1 fully saturated rings. The van der Waals surface area contributed by atoms with Crippen molar-refractivity contribution in [3.63, 3.8) is 0 Å². The van der Waals surface area contributed by atoms with Crippen LogP contribution in [0.2, 0.25) is 0 Å². The Bertz CT molecular complexity index is 281. The first kappa shape index (κ1) is 14.0. The molecule has 2 amide bonds. The first-order chi connectivity index (χ1) is 8.04. The molecule has 5 nitrogen and oxygen atoms in total. The van der Waals surface area contributed by atoms with Crippen molar-refractivity contribution >= 4 is 11.8 Å². The van der Waals surface area contributed by atoms with Crippen molar-refractivity contribution < 1.29 is 14.7 Å². The van der Waals surface area contributed by atoms with E-state index in [2.05, 4.69) is 5.32 Å². The molecule has 0 aromatic rings. The van der Waals surface area contributed by atoms with Crippen LogP contribution in [-0.4, -0.2) is 48.1 Å². The van der Waals surface area contributed by atoms with Crippen molar-refractivity contribution in [3.8, 4) is 0 Å². The molecule has 5 heteroatoms. The van der Waals surface area contributed by atoms with Gasteiger partial charge in [0.1, 0.15) is 0 Å². The quantitative estimate of drug-likeness (QED) is 0.736. The average Bonchev–Trinajstić information content (AvgIpc) is 2.29. The van der Waals surface area contributed by atoms with E-state index in [4.69, 9.17) is 0 Å². The molecule has 0 bridgehead atoms. The molecular weight excluding hydrogens is 220 g/mol. The Morgan fingerprint density at radius 2 is 2.00 bits per heavy atom. The van der Waals surface area contributed by atoms with Crippen molar-refractivity contribution in [3.05, 3.63) is 0 Å². The lowest BCUT2D eigenvalue weighted by molar-refractivity contribution is -0.133. The van der Waals surface area contributed by atoms with Crippen molar-refractivity contribution in [2.45, 2.75) is 38.6 Å². The minimum Gasteiger partial charge on any atom is -0.396 e. The molecule has 1 aliphatic rings. The van der Waals surface area contributed by atoms with Crippen LogP contribution in [0.25, 0.3) is 0 Å². The molecule has 0 aromatic heterocycles. The Morgan fingerprint density at radius 3 is 2.59 bits per heavy atom. The topological polar surface area (TPSA) is 69.6 Å². The van der Waals surface area contributed by atoms with Crippen LogP contribution in [0.3, 0.4) is 0 Å². The minimum absolute atomic E-state index is 0.0570. The van der Waals surface area contributed by atoms with Crippen LogP contribution in [-0.2, 0) is 9.59 Å². The number of rotatable bonds is 4. The highest BCUT2D eigenvalue weighted by molar-refractivity contribution is 5.83. The van der Waals surface area contributed by atoms with E-state index in [1.807, 2.05) is 0 Å². The van der Waals surface area contributed by atoms with Gasteiger partial charge >= 0.3 is 0 Å². The van der Waals surface area contributed by atoms with Crippen LogP contribution in [0.4, 0.5) is 0 Å². The fourth-order valence-corrected chi connectivity index (χ4v) is 2.20. The third-order valence-corrected chi connectivity index (χ3v) is 3.41. The summed E-state index contributed by atoms with van der Waals surface area (Å²) in [7, 11) is 1.60. The second-order valence-electron chi connectivity index (χ2n) is 4.78. The lowest BCUT2D eigenvalue weighted by Gasteiger charge is -2.31. The Morgan fingerprint density at radius 1 is 1.35 bits per heavy atom. The standard InChI is InChI=1S/C12H22N2O3/c1-9(16)14(2)7-12(17)13-11-6-4-3-5-10(11)8-15/h10-11,15H,3-8H2,1-2H3,(H,13,17). The fraction of sp³-hybridized carbons (Fsp3) is 0.833. The van der Waals surface area contributed by atoms with Gasteiger partial charge in [-0.3, -0.25) is 9.59 Å². The molecule has 98 valence electrons. The first-order valence-corrected chi connectivity index (χ1v) is 6.16. The Kier molecular flexibility index (Phi) is 5.41. The highest BCUT2D eigenvalue weighted by Gasteiger charge is 2.26. The molecule has 2 N–H and O–H groups in total. The summed E-state index contributed by atoms with van der Waals surface area (Å²) in [5.41, 5.74) is 0. The predicted molar refractivity (Wildman–Crippen MR) is 64.3 cm³/mol. The number of nitrogens with zero attached hydrogens (tertiary/aromatic N) is 1. The number of aliphatic hydroxyl groups is 1. The van der Waals surface area contributed by atoms with Gasteiger partial charge in [-0.15, -0.1) is 0 Å². The van der Waals surface area contributed by atoms with Gasteiger partial charge < -0.3 is 15.3 Å². The smallest absolute Gasteiger partial charge is 0.239 e. The summed E-state index contributed by atoms with van der Waals surface area (Å²) in [5.74, 6) is -0.106. The highest BCUT2D eigenvalue weighted by atomic mass is 16.3. The number of hydrogen-bond acceptors (Lipinski definition) is 3. The molecule has 1 aliphatic carbocycles. The van der Waals surface area contributed by atoms with Gasteiger partial charge in [0, 0.05) is 32.5 Å². The monoisotopic (exact) mass is 242 g/mol. The van der Waals surface area contributed by atoms with Gasteiger partial charge in [-0.25, -0.2) is 0 Å². The Balaban J connectivity index is 2.41. The summed E-state index contributed by atoms with van der Waals surface area (Å²) >= 11 is 0. The third kappa shape index (κ3) is 4.34. The van der Waals surface area contributed by atoms with Crippen molar-refractivity contribution in [1.82, 2.24) is 10.2 Å². The largest absolute Gasteiger partial charge is 0.396 e. The fourth-order valence-electron chi connectivity index (χ4n) is 2.20. The van der Waals surface area contributed by atoms with Gasteiger partial charge in [0.25, 0.3) is 0 Å². The molecule has 0 radical (unpaired) electrons. The summed E-state index contributed by atoms with van der Waals surface area (Å²) in [6.45, 7) is 1.64. The molecule has 17 heavy (non-hydrogen) atoms. The summed E-state index contributed by atoms with van der Waals surface area (Å²) in [6.07, 6.45) is 4.08. The maximum absolute atomic E-state index is 11.7. The third-order valence-electron chi connectivity index (χ3n) is 3.41. The number of likely N-dealkylation sites (N-methyl/N-ethyl adjacent to an activating group) is 1. The normalized spacial score (nSPS) is 24.2. The molecule has 0 aromatic carbocycles. The molecule has 0 aliphatic heterocycles. The molecule has 2 atom stereocenters. The van der Waals surface area contributed by atoms with E-state index in [0.717, 1.165) is 25.7 Å². The van der Waals surface area contributed by atoms with Crippen LogP contribution in [0, 0.1) is 5.92 Å². The Hall–Kier alpha value is -1.10. The van der Waals surface area contributed by atoms with Crippen LogP contribution in [0.15, 0.2) is 0 Å². The lowest BCUT2D eigenvalue weighted by Crippen LogP contribution is -2.47. The summed E-state index contributed by atoms with van der Waals surface area (Å²) in [6, 6.07) is 0.0570. The van der Waals surface area contributed by atoms with Gasteiger partial charge in [0.15, 0.2) is 0 Å². The van der Waals surface area contributed by atoms with E-state index in [9.17, 15) is 14.7 Å². The van der Waals surface area contributed by atoms with E-state index in [1.54, 1.807) is 7.05 Å². The zero-order chi connectivity index (χ0) is 12.8. The number of amides is 2. The second kappa shape index (κ2) is 6.59. The maximum atomic E-state index is 11.7. The van der Waals surface area contributed by atoms with E-state index < -0.39 is 0 Å². The molecule has 0 heterocycles. The summed E-state index contributed by atoms with van der Waals surface area (Å²) in [4.78, 5) is 24.1. The molecular formula is C12H22N2O3. The number of nitrogens with one attached hydrogen (secondary N) is 1. The number of hydrogen-bond donors (Lipinski definition) is 2. The molecule has 0 saturated heterocycles. The van der Waals surface area contributed by atoms with Gasteiger partial charge in [0.05, 0.1) is 6.54 Å².